The highest BCUT2D eigenvalue weighted by Crippen LogP contribution is 2.31. The Morgan fingerprint density at radius 1 is 1.07 bits per heavy atom. The summed E-state index contributed by atoms with van der Waals surface area (Å²) in [5.74, 6) is 0.534. The summed E-state index contributed by atoms with van der Waals surface area (Å²) in [6, 6.07) is 15.8. The Kier molecular flexibility index (Phi) is 5.50. The number of rotatable bonds is 5. The average Bonchev–Trinajstić information content (AvgIpc) is 3.16. The summed E-state index contributed by atoms with van der Waals surface area (Å²) >= 11 is 1.54. The number of hydrogen-bond donors (Lipinski definition) is 1. The van der Waals surface area contributed by atoms with Crippen molar-refractivity contribution >= 4 is 33.3 Å². The van der Waals surface area contributed by atoms with Crippen molar-refractivity contribution < 1.29 is 9.53 Å². The molecule has 0 spiro atoms. The van der Waals surface area contributed by atoms with E-state index in [2.05, 4.69) is 15.3 Å². The smallest absolute Gasteiger partial charge is 0.265 e. The third-order valence-electron chi connectivity index (χ3n) is 4.93. The SMILES string of the molecule is Cc1ccc(C)c(OC(C)C(=O)Nc2cc(-c3nc4cccnc4s3)ccc2C)c1. The van der Waals surface area contributed by atoms with Crippen LogP contribution in [0.5, 0.6) is 5.75 Å². The zero-order chi connectivity index (χ0) is 21.3. The molecule has 1 unspecified atom stereocenters. The summed E-state index contributed by atoms with van der Waals surface area (Å²) in [5.41, 5.74) is 5.65. The number of fused-ring (bicyclic) bond motifs is 1. The molecule has 0 aliphatic rings. The Labute approximate surface area is 179 Å². The minimum atomic E-state index is -0.625. The number of aromatic nitrogens is 2. The lowest BCUT2D eigenvalue weighted by atomic mass is 10.1. The first-order valence-corrected chi connectivity index (χ1v) is 10.6. The van der Waals surface area contributed by atoms with Crippen LogP contribution in [0.1, 0.15) is 23.6 Å². The minimum absolute atomic E-state index is 0.192. The largest absolute Gasteiger partial charge is 0.481 e. The van der Waals surface area contributed by atoms with Crippen molar-refractivity contribution in [2.45, 2.75) is 33.8 Å². The van der Waals surface area contributed by atoms with Crippen LogP contribution < -0.4 is 10.1 Å². The fraction of sp³-hybridized carbons (Fsp3) is 0.208. The topological polar surface area (TPSA) is 64.1 Å². The molecule has 4 rings (SSSR count). The standard InChI is InChI=1S/C24H23N3O2S/c1-14-7-8-16(3)21(12-14)29-17(4)22(28)26-20-13-18(10-9-15(20)2)23-27-19-6-5-11-25-24(19)30-23/h5-13,17H,1-4H3,(H,26,28). The molecule has 0 aliphatic carbocycles. The summed E-state index contributed by atoms with van der Waals surface area (Å²) in [4.78, 5) is 22.7. The predicted molar refractivity (Wildman–Crippen MR) is 122 cm³/mol. The highest BCUT2D eigenvalue weighted by atomic mass is 32.1. The number of nitrogens with zero attached hydrogens (tertiary/aromatic N) is 2. The van der Waals surface area contributed by atoms with Gasteiger partial charge in [0.1, 0.15) is 21.1 Å². The van der Waals surface area contributed by atoms with Crippen molar-refractivity contribution in [3.63, 3.8) is 0 Å². The van der Waals surface area contributed by atoms with E-state index in [0.717, 1.165) is 49.0 Å². The number of pyridine rings is 1. The van der Waals surface area contributed by atoms with Crippen LogP contribution >= 0.6 is 11.3 Å². The number of benzene rings is 2. The van der Waals surface area contributed by atoms with Gasteiger partial charge < -0.3 is 10.1 Å². The molecule has 4 aromatic rings. The van der Waals surface area contributed by atoms with E-state index in [1.807, 2.05) is 69.3 Å². The summed E-state index contributed by atoms with van der Waals surface area (Å²) in [6.07, 6.45) is 1.14. The third kappa shape index (κ3) is 4.19. The molecule has 0 fully saturated rings. The summed E-state index contributed by atoms with van der Waals surface area (Å²) in [5, 5.41) is 3.88. The fourth-order valence-electron chi connectivity index (χ4n) is 3.10. The Bertz CT molecular complexity index is 1200. The Balaban J connectivity index is 1.54. The van der Waals surface area contributed by atoms with Gasteiger partial charge in [0.05, 0.1) is 0 Å². The molecule has 152 valence electrons. The first-order chi connectivity index (χ1) is 14.4. The molecule has 1 atom stereocenters. The molecular formula is C24H23N3O2S. The first kappa shape index (κ1) is 20.0. The Morgan fingerprint density at radius 3 is 2.67 bits per heavy atom. The molecule has 2 aromatic carbocycles. The van der Waals surface area contributed by atoms with Crippen LogP contribution in [0.4, 0.5) is 5.69 Å². The quantitative estimate of drug-likeness (QED) is 0.453. The summed E-state index contributed by atoms with van der Waals surface area (Å²) in [7, 11) is 0. The van der Waals surface area contributed by atoms with Crippen molar-refractivity contribution in [1.29, 1.82) is 0 Å². The van der Waals surface area contributed by atoms with Crippen LogP contribution in [0.2, 0.25) is 0 Å². The van der Waals surface area contributed by atoms with Crippen LogP contribution in [-0.2, 0) is 4.79 Å². The number of nitrogens with one attached hydrogen (secondary N) is 1. The third-order valence-corrected chi connectivity index (χ3v) is 5.95. The van der Waals surface area contributed by atoms with Gasteiger partial charge in [-0.3, -0.25) is 4.79 Å². The van der Waals surface area contributed by atoms with Gasteiger partial charge in [-0.15, -0.1) is 0 Å². The molecule has 2 aromatic heterocycles. The van der Waals surface area contributed by atoms with E-state index < -0.39 is 6.10 Å². The maximum absolute atomic E-state index is 12.8. The second-order valence-corrected chi connectivity index (χ2v) is 8.37. The van der Waals surface area contributed by atoms with E-state index in [9.17, 15) is 4.79 Å². The summed E-state index contributed by atoms with van der Waals surface area (Å²) in [6.45, 7) is 7.70. The average molecular weight is 418 g/mol. The number of amides is 1. The van der Waals surface area contributed by atoms with E-state index in [1.165, 1.54) is 11.3 Å². The molecule has 1 N–H and O–H groups in total. The number of aryl methyl sites for hydroxylation is 3. The molecule has 5 nitrogen and oxygen atoms in total. The van der Waals surface area contributed by atoms with Gasteiger partial charge in [0.15, 0.2) is 6.10 Å². The van der Waals surface area contributed by atoms with Gasteiger partial charge in [0.25, 0.3) is 5.91 Å². The number of carbonyl (C=O) groups is 1. The van der Waals surface area contributed by atoms with Gasteiger partial charge in [-0.05, 0) is 68.7 Å². The minimum Gasteiger partial charge on any atom is -0.481 e. The van der Waals surface area contributed by atoms with Crippen LogP contribution in [0.25, 0.3) is 20.9 Å². The maximum Gasteiger partial charge on any atom is 0.265 e. The van der Waals surface area contributed by atoms with Crippen LogP contribution in [0.15, 0.2) is 54.7 Å². The van der Waals surface area contributed by atoms with Crippen molar-refractivity contribution in [3.8, 4) is 16.3 Å². The normalized spacial score (nSPS) is 12.0. The van der Waals surface area contributed by atoms with E-state index in [1.54, 1.807) is 13.1 Å². The van der Waals surface area contributed by atoms with Gasteiger partial charge in [-0.1, -0.05) is 35.6 Å². The summed E-state index contributed by atoms with van der Waals surface area (Å²) < 4.78 is 5.92. The zero-order valence-corrected chi connectivity index (χ0v) is 18.2. The maximum atomic E-state index is 12.8. The fourth-order valence-corrected chi connectivity index (χ4v) is 4.00. The van der Waals surface area contributed by atoms with Crippen molar-refractivity contribution in [1.82, 2.24) is 9.97 Å². The van der Waals surface area contributed by atoms with Crippen molar-refractivity contribution in [2.24, 2.45) is 0 Å². The molecule has 1 amide bonds. The molecule has 0 aliphatic heterocycles. The number of hydrogen-bond acceptors (Lipinski definition) is 5. The van der Waals surface area contributed by atoms with Crippen LogP contribution in [0.3, 0.4) is 0 Å². The molecule has 6 heteroatoms. The van der Waals surface area contributed by atoms with E-state index in [4.69, 9.17) is 4.74 Å². The lowest BCUT2D eigenvalue weighted by Crippen LogP contribution is -2.30. The molecule has 0 saturated carbocycles. The number of carbonyl (C=O) groups excluding carboxylic acids is 1. The van der Waals surface area contributed by atoms with E-state index in [-0.39, 0.29) is 5.91 Å². The number of thiazole rings is 1. The monoisotopic (exact) mass is 417 g/mol. The van der Waals surface area contributed by atoms with Crippen molar-refractivity contribution in [3.05, 3.63) is 71.4 Å². The van der Waals surface area contributed by atoms with Gasteiger partial charge in [0, 0.05) is 17.4 Å². The highest BCUT2D eigenvalue weighted by molar-refractivity contribution is 7.21. The molecule has 0 bridgehead atoms. The van der Waals surface area contributed by atoms with E-state index in [0.29, 0.717) is 0 Å². The zero-order valence-electron chi connectivity index (χ0n) is 17.4. The first-order valence-electron chi connectivity index (χ1n) is 9.78. The molecule has 30 heavy (non-hydrogen) atoms. The Hall–Kier alpha value is -3.25. The molecule has 0 radical (unpaired) electrons. The Morgan fingerprint density at radius 2 is 1.87 bits per heavy atom. The highest BCUT2D eigenvalue weighted by Gasteiger charge is 2.18. The lowest BCUT2D eigenvalue weighted by Gasteiger charge is -2.18. The van der Waals surface area contributed by atoms with E-state index >= 15 is 0 Å². The molecule has 2 heterocycles. The predicted octanol–water partition coefficient (Wildman–Crippen LogP) is 5.69. The molecular weight excluding hydrogens is 394 g/mol. The van der Waals surface area contributed by atoms with Crippen LogP contribution in [0, 0.1) is 20.8 Å². The van der Waals surface area contributed by atoms with Gasteiger partial charge in [-0.2, -0.15) is 0 Å². The van der Waals surface area contributed by atoms with Gasteiger partial charge in [-0.25, -0.2) is 9.97 Å². The second kappa shape index (κ2) is 8.24. The molecule has 0 saturated heterocycles. The number of ether oxygens (including phenoxy) is 1. The van der Waals surface area contributed by atoms with Crippen LogP contribution in [-0.4, -0.2) is 22.0 Å². The van der Waals surface area contributed by atoms with Crippen molar-refractivity contribution in [2.75, 3.05) is 5.32 Å². The van der Waals surface area contributed by atoms with Gasteiger partial charge >= 0.3 is 0 Å². The van der Waals surface area contributed by atoms with Gasteiger partial charge in [0.2, 0.25) is 0 Å². The number of anilines is 1. The second-order valence-electron chi connectivity index (χ2n) is 7.39. The lowest BCUT2D eigenvalue weighted by molar-refractivity contribution is -0.122.